The second-order valence-corrected chi connectivity index (χ2v) is 13.1. The van der Waals surface area contributed by atoms with E-state index in [-0.39, 0.29) is 11.3 Å². The van der Waals surface area contributed by atoms with Crippen molar-refractivity contribution < 1.29 is 99.2 Å². The van der Waals surface area contributed by atoms with Crippen LogP contribution in [0.3, 0.4) is 0 Å². The fraction of sp³-hybridized carbons (Fsp3) is 0.545. The van der Waals surface area contributed by atoms with E-state index in [0.29, 0.717) is 0 Å². The summed E-state index contributed by atoms with van der Waals surface area (Å²) >= 11 is 0. The van der Waals surface area contributed by atoms with Gasteiger partial charge in [-0.05, 0) is 25.1 Å². The molecule has 1 aromatic heterocycles. The average molecular weight is 773 g/mol. The van der Waals surface area contributed by atoms with Gasteiger partial charge in [0.25, 0.3) is 0 Å². The second-order valence-electron chi connectivity index (χ2n) is 13.1. The standard InChI is InChI=1S/C33H40O21/c1-9-19(38)23(42)26(45)31(49-9)48-8-17-21(40)25(44)28(47)33(53-17)54-30-22(41)18-14(37)5-11(50-32-27(46)24(43)20(39)16(7-34)52-32)6-15(18)51-29(30)10-2-3-12(35)13(36)4-10/h2-6,9,16-17,19-21,23-28,31-40,42-47H,7-8H2,1H3/t9-,16-,17-,19+,20-,21-,23+,24+,25+,26-,27-,28-,31-,32-,33+/m1/s1. The van der Waals surface area contributed by atoms with Gasteiger partial charge < -0.3 is 99.2 Å². The van der Waals surface area contributed by atoms with Gasteiger partial charge in [0.2, 0.25) is 23.8 Å². The van der Waals surface area contributed by atoms with Crippen LogP contribution in [0.25, 0.3) is 22.3 Å². The number of phenols is 3. The Morgan fingerprint density at radius 1 is 0.630 bits per heavy atom. The molecule has 0 saturated carbocycles. The maximum Gasteiger partial charge on any atom is 0.239 e. The normalized spacial score (nSPS) is 37.3. The molecule has 0 spiro atoms. The first kappa shape index (κ1) is 39.8. The van der Waals surface area contributed by atoms with Crippen molar-refractivity contribution in [2.24, 2.45) is 0 Å². The van der Waals surface area contributed by atoms with Crippen molar-refractivity contribution in [2.45, 2.75) is 99.0 Å². The fourth-order valence-electron chi connectivity index (χ4n) is 6.19. The van der Waals surface area contributed by atoms with Crippen LogP contribution in [-0.2, 0) is 18.9 Å². The van der Waals surface area contributed by atoms with Crippen molar-refractivity contribution in [3.63, 3.8) is 0 Å². The number of phenolic OH excluding ortho intramolecular Hbond substituents is 3. The lowest BCUT2D eigenvalue weighted by Gasteiger charge is -2.42. The van der Waals surface area contributed by atoms with Gasteiger partial charge in [0.15, 0.2) is 23.5 Å². The Hall–Kier alpha value is -3.91. The third-order valence-electron chi connectivity index (χ3n) is 9.38. The molecule has 21 nitrogen and oxygen atoms in total. The highest BCUT2D eigenvalue weighted by Gasteiger charge is 2.48. The zero-order valence-electron chi connectivity index (χ0n) is 28.0. The Morgan fingerprint density at radius 2 is 1.22 bits per heavy atom. The lowest BCUT2D eigenvalue weighted by molar-refractivity contribution is -0.318. The van der Waals surface area contributed by atoms with Gasteiger partial charge in [-0.15, -0.1) is 0 Å². The van der Waals surface area contributed by atoms with Crippen molar-refractivity contribution in [1.82, 2.24) is 0 Å². The molecule has 298 valence electrons. The Bertz CT molecular complexity index is 1850. The van der Waals surface area contributed by atoms with Gasteiger partial charge in [-0.3, -0.25) is 4.79 Å². The first-order valence-electron chi connectivity index (χ1n) is 16.5. The third kappa shape index (κ3) is 7.39. The van der Waals surface area contributed by atoms with Crippen LogP contribution in [0, 0.1) is 0 Å². The molecule has 54 heavy (non-hydrogen) atoms. The minimum atomic E-state index is -2.05. The van der Waals surface area contributed by atoms with Crippen LogP contribution in [0.4, 0.5) is 0 Å². The lowest BCUT2D eigenvalue weighted by Crippen LogP contribution is -2.61. The van der Waals surface area contributed by atoms with E-state index in [1.807, 2.05) is 0 Å². The molecule has 15 atom stereocenters. The molecule has 3 aliphatic heterocycles. The van der Waals surface area contributed by atoms with E-state index in [2.05, 4.69) is 0 Å². The maximum absolute atomic E-state index is 14.1. The van der Waals surface area contributed by atoms with E-state index in [9.17, 15) is 71.2 Å². The molecule has 0 aliphatic carbocycles. The van der Waals surface area contributed by atoms with Gasteiger partial charge in [-0.2, -0.15) is 0 Å². The molecule has 4 heterocycles. The number of aliphatic hydroxyl groups excluding tert-OH is 10. The zero-order valence-corrected chi connectivity index (χ0v) is 28.0. The highest BCUT2D eigenvalue weighted by molar-refractivity contribution is 5.88. The number of fused-ring (bicyclic) bond motifs is 1. The predicted octanol–water partition coefficient (Wildman–Crippen LogP) is -4.21. The Balaban J connectivity index is 1.34. The van der Waals surface area contributed by atoms with E-state index in [1.54, 1.807) is 0 Å². The lowest BCUT2D eigenvalue weighted by atomic mass is 9.98. The van der Waals surface area contributed by atoms with Crippen LogP contribution in [0.1, 0.15) is 6.92 Å². The smallest absolute Gasteiger partial charge is 0.239 e. The maximum atomic E-state index is 14.1. The van der Waals surface area contributed by atoms with Gasteiger partial charge in [0.05, 0.1) is 19.3 Å². The van der Waals surface area contributed by atoms with E-state index in [4.69, 9.17) is 32.8 Å². The highest BCUT2D eigenvalue weighted by Crippen LogP contribution is 2.40. The van der Waals surface area contributed by atoms with Crippen molar-refractivity contribution in [2.75, 3.05) is 13.2 Å². The molecule has 0 bridgehead atoms. The molecule has 3 fully saturated rings. The minimum absolute atomic E-state index is 0.122. The van der Waals surface area contributed by atoms with Gasteiger partial charge >= 0.3 is 0 Å². The molecule has 13 N–H and O–H groups in total. The molecule has 3 aromatic rings. The van der Waals surface area contributed by atoms with Gasteiger partial charge in [0.1, 0.15) is 89.6 Å². The number of aromatic hydroxyl groups is 3. The molecule has 3 saturated heterocycles. The summed E-state index contributed by atoms with van der Waals surface area (Å²) in [7, 11) is 0. The second kappa shape index (κ2) is 15.7. The number of rotatable bonds is 9. The first-order chi connectivity index (χ1) is 25.5. The monoisotopic (exact) mass is 772 g/mol. The first-order valence-corrected chi connectivity index (χ1v) is 16.5. The summed E-state index contributed by atoms with van der Waals surface area (Å²) in [5.41, 5.74) is -1.66. The van der Waals surface area contributed by atoms with Gasteiger partial charge in [0, 0.05) is 17.7 Å². The summed E-state index contributed by atoms with van der Waals surface area (Å²) in [5.74, 6) is -3.63. The summed E-state index contributed by atoms with van der Waals surface area (Å²) < 4.78 is 39.1. The molecular weight excluding hydrogens is 732 g/mol. The van der Waals surface area contributed by atoms with E-state index < -0.39 is 150 Å². The van der Waals surface area contributed by atoms with E-state index in [1.165, 1.54) is 13.0 Å². The number of benzene rings is 2. The quantitative estimate of drug-likeness (QED) is 0.0917. The van der Waals surface area contributed by atoms with Crippen molar-refractivity contribution >= 4 is 11.0 Å². The van der Waals surface area contributed by atoms with E-state index in [0.717, 1.165) is 24.3 Å². The summed E-state index contributed by atoms with van der Waals surface area (Å²) in [6.45, 7) is -0.0204. The molecule has 6 rings (SSSR count). The van der Waals surface area contributed by atoms with Crippen molar-refractivity contribution in [1.29, 1.82) is 0 Å². The summed E-state index contributed by atoms with van der Waals surface area (Å²) in [4.78, 5) is 14.1. The molecule has 0 radical (unpaired) electrons. The molecule has 0 unspecified atom stereocenters. The fourth-order valence-corrected chi connectivity index (χ4v) is 6.19. The number of ether oxygens (including phenoxy) is 6. The van der Waals surface area contributed by atoms with Crippen LogP contribution >= 0.6 is 0 Å². The average Bonchev–Trinajstić information content (AvgIpc) is 3.14. The topological polar surface area (TPSA) is 349 Å². The largest absolute Gasteiger partial charge is 0.507 e. The molecule has 3 aliphatic rings. The minimum Gasteiger partial charge on any atom is -0.507 e. The molecular formula is C33H40O21. The van der Waals surface area contributed by atoms with Crippen LogP contribution in [0.2, 0.25) is 0 Å². The van der Waals surface area contributed by atoms with Crippen LogP contribution in [0.5, 0.6) is 28.7 Å². The van der Waals surface area contributed by atoms with Crippen LogP contribution in [-0.4, -0.2) is 172 Å². The van der Waals surface area contributed by atoms with E-state index >= 15 is 0 Å². The van der Waals surface area contributed by atoms with Crippen molar-refractivity contribution in [3.05, 3.63) is 40.6 Å². The zero-order chi connectivity index (χ0) is 39.3. The Morgan fingerprint density at radius 3 is 1.87 bits per heavy atom. The van der Waals surface area contributed by atoms with Crippen molar-refractivity contribution in [3.8, 4) is 40.1 Å². The van der Waals surface area contributed by atoms with Gasteiger partial charge in [-0.1, -0.05) is 0 Å². The molecule has 2 aromatic carbocycles. The summed E-state index contributed by atoms with van der Waals surface area (Å²) in [6.07, 6.45) is -25.1. The molecule has 21 heteroatoms. The van der Waals surface area contributed by atoms with Crippen LogP contribution in [0.15, 0.2) is 39.5 Å². The SMILES string of the molecule is C[C@H]1O[C@@H](OC[C@H]2O[C@@H](Oc3c(-c4ccc(O)c(O)c4)oc4cc(O[C@@H]5O[C@H](CO)[C@@H](O)[C@H](O)[C@H]5O)cc(O)c4c3=O)[C@H](O)[C@@H](O)[C@@H]2O)[C@H](O)[C@@H](O)[C@H]1O. The van der Waals surface area contributed by atoms with Gasteiger partial charge in [-0.25, -0.2) is 0 Å². The summed E-state index contributed by atoms with van der Waals surface area (Å²) in [5, 5.41) is 133. The van der Waals surface area contributed by atoms with Crippen LogP contribution < -0.4 is 14.9 Å². The predicted molar refractivity (Wildman–Crippen MR) is 173 cm³/mol. The number of hydrogen-bond acceptors (Lipinski definition) is 21. The third-order valence-corrected chi connectivity index (χ3v) is 9.38. The number of aliphatic hydroxyl groups is 10. The highest BCUT2D eigenvalue weighted by atomic mass is 16.7. The summed E-state index contributed by atoms with van der Waals surface area (Å²) in [6, 6.07) is 5.15. The molecule has 0 amide bonds. The number of hydrogen-bond donors (Lipinski definition) is 13. The Labute approximate surface area is 303 Å². The Kier molecular flexibility index (Phi) is 11.5.